The molecule has 0 atom stereocenters. The second kappa shape index (κ2) is 13.9. The summed E-state index contributed by atoms with van der Waals surface area (Å²) >= 11 is 0. The van der Waals surface area contributed by atoms with Gasteiger partial charge in [-0.3, -0.25) is 0 Å². The average Bonchev–Trinajstić information content (AvgIpc) is 4.12. The Hall–Kier alpha value is -9.11. The van der Waals surface area contributed by atoms with Gasteiger partial charge in [0, 0.05) is 66.2 Å². The molecule has 0 aliphatic carbocycles. The number of rotatable bonds is 5. The molecule has 306 valence electrons. The molecule has 0 saturated heterocycles. The largest absolute Gasteiger partial charge is 0.456 e. The third-order valence-electron chi connectivity index (χ3n) is 13.6. The Morgan fingerprint density at radius 1 is 0.318 bits per heavy atom. The quantitative estimate of drug-likeness (QED) is 0.173. The Bertz CT molecular complexity index is 4350. The summed E-state index contributed by atoms with van der Waals surface area (Å²) in [6, 6.07) is 80.4. The SMILES string of the molecule is N#Cc1cccc(-c2ccc(-c3cc(-n4c5ccccc5c5cc6c(cc54)oc4ccccc46)cc(-n4c5ccccc5c5c4ccc4c6ccccc6n(-c6ccccc6)c45)c3)cc2)c1. The molecule has 0 saturated carbocycles. The summed E-state index contributed by atoms with van der Waals surface area (Å²) < 4.78 is 13.8. The summed E-state index contributed by atoms with van der Waals surface area (Å²) in [6.45, 7) is 0. The average molecular weight is 841 g/mol. The van der Waals surface area contributed by atoms with Gasteiger partial charge in [0.25, 0.3) is 0 Å². The standard InChI is InChI=1S/C61H36N4O/c62-37-38-13-12-14-41(31-38)39-25-27-40(28-26-39)42-32-44(34-45(33-42)64-53-21-8-5-18-47(53)51-35-52-48-19-7-11-24-58(48)66-59(52)36-57(51)64)63-55-23-10-6-20-50(55)60-56(63)30-29-49-46-17-4-9-22-54(46)65(61(49)60)43-15-2-1-3-16-43/h1-36H. The first-order valence-electron chi connectivity index (χ1n) is 22.3. The maximum absolute atomic E-state index is 9.65. The molecular formula is C61H36N4O. The van der Waals surface area contributed by atoms with Gasteiger partial charge in [0.05, 0.1) is 44.7 Å². The molecule has 0 unspecified atom stereocenters. The number of hydrogen-bond acceptors (Lipinski definition) is 2. The van der Waals surface area contributed by atoms with Gasteiger partial charge in [0.2, 0.25) is 0 Å². The van der Waals surface area contributed by atoms with E-state index in [-0.39, 0.29) is 0 Å². The molecule has 0 bridgehead atoms. The Morgan fingerprint density at radius 2 is 0.924 bits per heavy atom. The molecule has 0 aliphatic rings. The highest BCUT2D eigenvalue weighted by Crippen LogP contribution is 2.44. The van der Waals surface area contributed by atoms with Crippen molar-refractivity contribution >= 4 is 87.4 Å². The minimum absolute atomic E-state index is 0.646. The highest BCUT2D eigenvalue weighted by Gasteiger charge is 2.23. The van der Waals surface area contributed by atoms with E-state index in [9.17, 15) is 5.26 Å². The molecule has 10 aromatic carbocycles. The van der Waals surface area contributed by atoms with Gasteiger partial charge in [-0.15, -0.1) is 0 Å². The summed E-state index contributed by atoms with van der Waals surface area (Å²) in [7, 11) is 0. The van der Waals surface area contributed by atoms with Crippen molar-refractivity contribution in [2.45, 2.75) is 0 Å². The van der Waals surface area contributed by atoms with Crippen LogP contribution in [-0.2, 0) is 0 Å². The highest BCUT2D eigenvalue weighted by molar-refractivity contribution is 6.26. The van der Waals surface area contributed by atoms with Crippen molar-refractivity contribution in [2.75, 3.05) is 0 Å². The Balaban J connectivity index is 1.08. The molecule has 0 aliphatic heterocycles. The van der Waals surface area contributed by atoms with Crippen molar-refractivity contribution in [1.82, 2.24) is 13.7 Å². The molecule has 0 N–H and O–H groups in total. The van der Waals surface area contributed by atoms with E-state index in [2.05, 4.69) is 208 Å². The lowest BCUT2D eigenvalue weighted by Gasteiger charge is -2.16. The number of furan rings is 1. The summed E-state index contributed by atoms with van der Waals surface area (Å²) in [6.07, 6.45) is 0. The summed E-state index contributed by atoms with van der Waals surface area (Å²) in [5.41, 5.74) is 16.7. The van der Waals surface area contributed by atoms with E-state index >= 15 is 0 Å². The van der Waals surface area contributed by atoms with Crippen LogP contribution < -0.4 is 0 Å². The fraction of sp³-hybridized carbons (Fsp3) is 0. The number of hydrogen-bond donors (Lipinski definition) is 0. The minimum Gasteiger partial charge on any atom is -0.456 e. The predicted molar refractivity (Wildman–Crippen MR) is 272 cm³/mol. The van der Waals surface area contributed by atoms with Crippen LogP contribution in [0.15, 0.2) is 223 Å². The van der Waals surface area contributed by atoms with Crippen molar-refractivity contribution in [3.8, 4) is 45.4 Å². The lowest BCUT2D eigenvalue weighted by atomic mass is 9.98. The molecule has 14 rings (SSSR count). The zero-order valence-electron chi connectivity index (χ0n) is 35.5. The number of benzene rings is 10. The summed E-state index contributed by atoms with van der Waals surface area (Å²) in [5.74, 6) is 0. The van der Waals surface area contributed by atoms with Gasteiger partial charge in [-0.2, -0.15) is 5.26 Å². The van der Waals surface area contributed by atoms with Crippen LogP contribution in [0.3, 0.4) is 0 Å². The van der Waals surface area contributed by atoms with Gasteiger partial charge in [-0.1, -0.05) is 133 Å². The normalized spacial score (nSPS) is 11.9. The Morgan fingerprint density at radius 3 is 1.67 bits per heavy atom. The molecule has 5 nitrogen and oxygen atoms in total. The number of aromatic nitrogens is 3. The molecule has 0 radical (unpaired) electrons. The van der Waals surface area contributed by atoms with Crippen molar-refractivity contribution in [3.05, 3.63) is 224 Å². The van der Waals surface area contributed by atoms with E-state index < -0.39 is 0 Å². The number of fused-ring (bicyclic) bond motifs is 13. The zero-order chi connectivity index (χ0) is 43.5. The van der Waals surface area contributed by atoms with E-state index in [4.69, 9.17) is 4.42 Å². The predicted octanol–water partition coefficient (Wildman–Crippen LogP) is 16.1. The Kier molecular flexibility index (Phi) is 7.69. The number of nitrogens with zero attached hydrogens (tertiary/aromatic N) is 4. The first-order chi connectivity index (χ1) is 32.7. The van der Waals surface area contributed by atoms with Gasteiger partial charge in [0.15, 0.2) is 0 Å². The second-order valence-electron chi connectivity index (χ2n) is 17.2. The van der Waals surface area contributed by atoms with Gasteiger partial charge >= 0.3 is 0 Å². The maximum atomic E-state index is 9.65. The van der Waals surface area contributed by atoms with E-state index in [1.165, 1.54) is 43.4 Å². The van der Waals surface area contributed by atoms with Crippen molar-refractivity contribution in [2.24, 2.45) is 0 Å². The van der Waals surface area contributed by atoms with E-state index in [1.54, 1.807) is 0 Å². The second-order valence-corrected chi connectivity index (χ2v) is 17.2. The Labute approximate surface area is 378 Å². The number of nitriles is 1. The zero-order valence-corrected chi connectivity index (χ0v) is 35.5. The van der Waals surface area contributed by atoms with Crippen LogP contribution in [0.5, 0.6) is 0 Å². The van der Waals surface area contributed by atoms with Gasteiger partial charge in [0.1, 0.15) is 11.2 Å². The van der Waals surface area contributed by atoms with Gasteiger partial charge in [-0.25, -0.2) is 0 Å². The van der Waals surface area contributed by atoms with Crippen molar-refractivity contribution in [3.63, 3.8) is 0 Å². The van der Waals surface area contributed by atoms with Gasteiger partial charge in [-0.05, 0) is 101 Å². The van der Waals surface area contributed by atoms with E-state index in [0.717, 1.165) is 83.3 Å². The molecule has 4 heterocycles. The maximum Gasteiger partial charge on any atom is 0.137 e. The van der Waals surface area contributed by atoms with Crippen LogP contribution in [0, 0.1) is 11.3 Å². The fourth-order valence-electron chi connectivity index (χ4n) is 10.7. The van der Waals surface area contributed by atoms with Gasteiger partial charge < -0.3 is 18.1 Å². The third-order valence-corrected chi connectivity index (χ3v) is 13.6. The van der Waals surface area contributed by atoms with E-state index in [1.807, 2.05) is 30.3 Å². The molecular weight excluding hydrogens is 805 g/mol. The summed E-state index contributed by atoms with van der Waals surface area (Å²) in [4.78, 5) is 0. The molecule has 5 heteroatoms. The van der Waals surface area contributed by atoms with Crippen LogP contribution in [0.25, 0.3) is 127 Å². The van der Waals surface area contributed by atoms with Crippen LogP contribution in [-0.4, -0.2) is 13.7 Å². The molecule has 14 aromatic rings. The lowest BCUT2D eigenvalue weighted by molar-refractivity contribution is 0.669. The molecule has 0 fully saturated rings. The number of para-hydroxylation sites is 5. The van der Waals surface area contributed by atoms with Crippen LogP contribution >= 0.6 is 0 Å². The highest BCUT2D eigenvalue weighted by atomic mass is 16.3. The molecule has 66 heavy (non-hydrogen) atoms. The van der Waals surface area contributed by atoms with Crippen molar-refractivity contribution in [1.29, 1.82) is 5.26 Å². The van der Waals surface area contributed by atoms with Crippen LogP contribution in [0.4, 0.5) is 0 Å². The monoisotopic (exact) mass is 840 g/mol. The van der Waals surface area contributed by atoms with Crippen LogP contribution in [0.2, 0.25) is 0 Å². The molecule has 0 spiro atoms. The minimum atomic E-state index is 0.646. The van der Waals surface area contributed by atoms with Crippen LogP contribution in [0.1, 0.15) is 5.56 Å². The smallest absolute Gasteiger partial charge is 0.137 e. The molecule has 4 aromatic heterocycles. The summed E-state index contributed by atoms with van der Waals surface area (Å²) in [5, 5.41) is 19.1. The lowest BCUT2D eigenvalue weighted by Crippen LogP contribution is -2.00. The van der Waals surface area contributed by atoms with Crippen molar-refractivity contribution < 1.29 is 4.42 Å². The first kappa shape index (κ1) is 36.4. The topological polar surface area (TPSA) is 51.7 Å². The fourth-order valence-corrected chi connectivity index (χ4v) is 10.7. The molecule has 0 amide bonds. The first-order valence-corrected chi connectivity index (χ1v) is 22.3. The van der Waals surface area contributed by atoms with E-state index in [0.29, 0.717) is 5.56 Å². The third kappa shape index (κ3) is 5.27.